The maximum absolute atomic E-state index is 13.3. The second-order valence-corrected chi connectivity index (χ2v) is 7.76. The number of fused-ring (bicyclic) bond motifs is 1. The molecule has 0 radical (unpaired) electrons. The molecule has 0 bridgehead atoms. The molecular weight excluding hydrogens is 418 g/mol. The minimum absolute atomic E-state index is 0.146. The first-order chi connectivity index (χ1) is 14.5. The highest BCUT2D eigenvalue weighted by atomic mass is 19.4. The molecule has 1 aliphatic carbocycles. The fourth-order valence-corrected chi connectivity index (χ4v) is 3.75. The SMILES string of the molecule is Cc1cccc(CN2C[C@@H]3C[C@]3(NC(=O)c3cccc(F)c3)C2)n1.O=C(O)C(F)(F)F. The van der Waals surface area contributed by atoms with E-state index in [9.17, 15) is 22.4 Å². The lowest BCUT2D eigenvalue weighted by atomic mass is 10.1. The molecule has 10 heteroatoms. The van der Waals surface area contributed by atoms with E-state index in [1.807, 2.05) is 25.1 Å². The maximum atomic E-state index is 13.3. The second-order valence-electron chi connectivity index (χ2n) is 7.76. The average molecular weight is 439 g/mol. The first kappa shape index (κ1) is 22.7. The van der Waals surface area contributed by atoms with E-state index in [4.69, 9.17) is 9.90 Å². The molecule has 1 aromatic carbocycles. The zero-order valence-corrected chi connectivity index (χ0v) is 16.6. The van der Waals surface area contributed by atoms with Gasteiger partial charge in [0.15, 0.2) is 0 Å². The molecule has 2 N–H and O–H groups in total. The quantitative estimate of drug-likeness (QED) is 0.716. The molecule has 0 unspecified atom stereocenters. The number of carbonyl (C=O) groups excluding carboxylic acids is 1. The fraction of sp³-hybridized carbons (Fsp3) is 0.381. The van der Waals surface area contributed by atoms with Crippen molar-refractivity contribution < 1.29 is 32.3 Å². The van der Waals surface area contributed by atoms with Crippen LogP contribution in [-0.2, 0) is 11.3 Å². The summed E-state index contributed by atoms with van der Waals surface area (Å²) in [5, 5.41) is 10.3. The van der Waals surface area contributed by atoms with E-state index in [2.05, 4.69) is 15.2 Å². The molecule has 2 atom stereocenters. The number of hydrogen-bond donors (Lipinski definition) is 2. The van der Waals surface area contributed by atoms with Gasteiger partial charge in [0.1, 0.15) is 5.82 Å². The molecule has 6 nitrogen and oxygen atoms in total. The number of likely N-dealkylation sites (tertiary alicyclic amines) is 1. The number of hydrogen-bond acceptors (Lipinski definition) is 4. The molecule has 1 amide bonds. The van der Waals surface area contributed by atoms with Crippen LogP contribution in [0, 0.1) is 18.7 Å². The number of aliphatic carboxylic acids is 1. The number of nitrogens with one attached hydrogen (secondary N) is 1. The molecule has 31 heavy (non-hydrogen) atoms. The van der Waals surface area contributed by atoms with Crippen molar-refractivity contribution >= 4 is 11.9 Å². The molecule has 1 aliphatic heterocycles. The summed E-state index contributed by atoms with van der Waals surface area (Å²) in [4.78, 5) is 28.2. The lowest BCUT2D eigenvalue weighted by molar-refractivity contribution is -0.192. The summed E-state index contributed by atoms with van der Waals surface area (Å²) >= 11 is 0. The van der Waals surface area contributed by atoms with E-state index in [0.29, 0.717) is 11.5 Å². The third kappa shape index (κ3) is 5.78. The molecule has 1 saturated carbocycles. The van der Waals surface area contributed by atoms with E-state index in [0.717, 1.165) is 37.4 Å². The minimum Gasteiger partial charge on any atom is -0.475 e. The summed E-state index contributed by atoms with van der Waals surface area (Å²) in [5.41, 5.74) is 2.32. The first-order valence-electron chi connectivity index (χ1n) is 9.51. The van der Waals surface area contributed by atoms with Gasteiger partial charge < -0.3 is 10.4 Å². The van der Waals surface area contributed by atoms with Crippen LogP contribution in [0.1, 0.15) is 28.2 Å². The Balaban J connectivity index is 0.000000339. The number of carboxylic acids is 1. The summed E-state index contributed by atoms with van der Waals surface area (Å²) in [6.45, 7) is 4.59. The van der Waals surface area contributed by atoms with Gasteiger partial charge in [-0.15, -0.1) is 0 Å². The van der Waals surface area contributed by atoms with Crippen molar-refractivity contribution in [3.8, 4) is 0 Å². The predicted molar refractivity (Wildman–Crippen MR) is 103 cm³/mol. The van der Waals surface area contributed by atoms with Crippen molar-refractivity contribution in [3.05, 3.63) is 65.2 Å². The van der Waals surface area contributed by atoms with Gasteiger partial charge in [-0.2, -0.15) is 13.2 Å². The second kappa shape index (κ2) is 8.62. The third-order valence-electron chi connectivity index (χ3n) is 5.24. The number of rotatable bonds is 4. The van der Waals surface area contributed by atoms with Crippen molar-refractivity contribution in [2.24, 2.45) is 5.92 Å². The number of pyridine rings is 1. The Morgan fingerprint density at radius 1 is 1.26 bits per heavy atom. The fourth-order valence-electron chi connectivity index (χ4n) is 3.75. The number of aromatic nitrogens is 1. The van der Waals surface area contributed by atoms with Crippen LogP contribution in [0.3, 0.4) is 0 Å². The zero-order chi connectivity index (χ0) is 22.8. The Kier molecular flexibility index (Phi) is 6.30. The van der Waals surface area contributed by atoms with Crippen LogP contribution in [0.25, 0.3) is 0 Å². The van der Waals surface area contributed by atoms with Crippen molar-refractivity contribution in [3.63, 3.8) is 0 Å². The molecule has 2 fully saturated rings. The van der Waals surface area contributed by atoms with Crippen molar-refractivity contribution in [2.45, 2.75) is 31.6 Å². The highest BCUT2D eigenvalue weighted by molar-refractivity contribution is 5.95. The van der Waals surface area contributed by atoms with Gasteiger partial charge in [0.25, 0.3) is 5.91 Å². The number of benzene rings is 1. The Bertz CT molecular complexity index is 982. The molecule has 2 aliphatic rings. The van der Waals surface area contributed by atoms with Crippen LogP contribution in [-0.4, -0.2) is 51.7 Å². The largest absolute Gasteiger partial charge is 0.490 e. The number of carbonyl (C=O) groups is 2. The summed E-state index contributed by atoms with van der Waals surface area (Å²) in [6, 6.07) is 11.9. The molecule has 0 spiro atoms. The van der Waals surface area contributed by atoms with Gasteiger partial charge in [-0.05, 0) is 49.6 Å². The predicted octanol–water partition coefficient (Wildman–Crippen LogP) is 3.17. The smallest absolute Gasteiger partial charge is 0.475 e. The van der Waals surface area contributed by atoms with E-state index in [1.54, 1.807) is 12.1 Å². The van der Waals surface area contributed by atoms with Gasteiger partial charge in [-0.3, -0.25) is 14.7 Å². The number of halogens is 4. The standard InChI is InChI=1S/C19H20FN3O.C2HF3O2/c1-13-4-2-7-17(21-13)11-23-10-15-9-19(15,12-23)22-18(24)14-5-3-6-16(20)8-14;3-2(4,5)1(6)7/h2-8,15H,9-12H2,1H3,(H,22,24);(H,6,7)/t15-,19-;/m0./s1. The van der Waals surface area contributed by atoms with Crippen LogP contribution in [0.15, 0.2) is 42.5 Å². The number of nitrogens with zero attached hydrogens (tertiary/aromatic N) is 2. The number of carboxylic acid groups (broad SMARTS) is 1. The van der Waals surface area contributed by atoms with Crippen LogP contribution < -0.4 is 5.32 Å². The minimum atomic E-state index is -5.08. The summed E-state index contributed by atoms with van der Waals surface area (Å²) in [6.07, 6.45) is -4.08. The summed E-state index contributed by atoms with van der Waals surface area (Å²) < 4.78 is 45.0. The molecule has 166 valence electrons. The summed E-state index contributed by atoms with van der Waals surface area (Å²) in [7, 11) is 0. The maximum Gasteiger partial charge on any atom is 0.490 e. The molecule has 2 aromatic rings. The molecule has 4 rings (SSSR count). The van der Waals surface area contributed by atoms with Crippen LogP contribution in [0.4, 0.5) is 17.6 Å². The Hall–Kier alpha value is -3.01. The highest BCUT2D eigenvalue weighted by Gasteiger charge is 2.60. The topological polar surface area (TPSA) is 82.5 Å². The zero-order valence-electron chi connectivity index (χ0n) is 16.6. The van der Waals surface area contributed by atoms with Gasteiger partial charge >= 0.3 is 12.1 Å². The molecule has 2 heterocycles. The normalized spacial score (nSPS) is 22.2. The van der Waals surface area contributed by atoms with E-state index in [-0.39, 0.29) is 17.3 Å². The van der Waals surface area contributed by atoms with Crippen molar-refractivity contribution in [1.82, 2.24) is 15.2 Å². The van der Waals surface area contributed by atoms with E-state index < -0.39 is 12.1 Å². The number of aryl methyl sites for hydroxylation is 1. The van der Waals surface area contributed by atoms with E-state index >= 15 is 0 Å². The van der Waals surface area contributed by atoms with Crippen LogP contribution >= 0.6 is 0 Å². The van der Waals surface area contributed by atoms with Crippen LogP contribution in [0.2, 0.25) is 0 Å². The summed E-state index contributed by atoms with van der Waals surface area (Å²) in [5.74, 6) is -2.84. The van der Waals surface area contributed by atoms with Gasteiger partial charge in [0, 0.05) is 30.9 Å². The number of amides is 1. The van der Waals surface area contributed by atoms with Gasteiger partial charge in [0.05, 0.1) is 11.2 Å². The molecular formula is C21H21F4N3O3. The average Bonchev–Trinajstić information content (AvgIpc) is 3.21. The monoisotopic (exact) mass is 439 g/mol. The Labute approximate surface area is 175 Å². The van der Waals surface area contributed by atoms with Crippen LogP contribution in [0.5, 0.6) is 0 Å². The lowest BCUT2D eigenvalue weighted by Crippen LogP contribution is -2.42. The van der Waals surface area contributed by atoms with E-state index in [1.165, 1.54) is 12.1 Å². The Morgan fingerprint density at radius 2 is 1.94 bits per heavy atom. The third-order valence-corrected chi connectivity index (χ3v) is 5.24. The number of piperidine rings is 1. The highest BCUT2D eigenvalue weighted by Crippen LogP contribution is 2.49. The molecule has 1 aromatic heterocycles. The molecule has 1 saturated heterocycles. The Morgan fingerprint density at radius 3 is 2.55 bits per heavy atom. The van der Waals surface area contributed by atoms with Gasteiger partial charge in [0.2, 0.25) is 0 Å². The van der Waals surface area contributed by atoms with Crippen molar-refractivity contribution in [1.29, 1.82) is 0 Å². The van der Waals surface area contributed by atoms with Gasteiger partial charge in [-0.1, -0.05) is 12.1 Å². The lowest BCUT2D eigenvalue weighted by Gasteiger charge is -2.21. The van der Waals surface area contributed by atoms with Crippen molar-refractivity contribution in [2.75, 3.05) is 13.1 Å². The first-order valence-corrected chi connectivity index (χ1v) is 9.51. The van der Waals surface area contributed by atoms with Gasteiger partial charge in [-0.25, -0.2) is 9.18 Å². The number of alkyl halides is 3.